The Morgan fingerprint density at radius 3 is 2.36 bits per heavy atom. The number of furan rings is 1. The minimum absolute atomic E-state index is 0.219. The molecule has 1 aromatic rings. The van der Waals surface area contributed by atoms with E-state index in [0.717, 1.165) is 12.2 Å². The summed E-state index contributed by atoms with van der Waals surface area (Å²) in [5.41, 5.74) is 0. The Morgan fingerprint density at radius 1 is 1.36 bits per heavy atom. The highest BCUT2D eigenvalue weighted by molar-refractivity contribution is 5.71. The third-order valence-corrected chi connectivity index (χ3v) is 1.61. The monoisotopic (exact) mass is 198 g/mol. The van der Waals surface area contributed by atoms with Gasteiger partial charge in [-0.05, 0) is 12.1 Å². The lowest BCUT2D eigenvalue weighted by Crippen LogP contribution is -2.03. The quantitative estimate of drug-likeness (QED) is 0.701. The molecular formula is C11H18O3. The van der Waals surface area contributed by atoms with E-state index in [9.17, 15) is 4.79 Å². The van der Waals surface area contributed by atoms with Crippen LogP contribution < -0.4 is 0 Å². The Bertz CT molecular complexity index is 263. The van der Waals surface area contributed by atoms with Crippen molar-refractivity contribution in [3.63, 3.8) is 0 Å². The zero-order chi connectivity index (χ0) is 11.0. The fraction of sp³-hybridized carbons (Fsp3) is 0.545. The summed E-state index contributed by atoms with van der Waals surface area (Å²) in [7, 11) is 1.37. The summed E-state index contributed by atoms with van der Waals surface area (Å²) in [6, 6.07) is 3.67. The molecule has 0 aliphatic carbocycles. The van der Waals surface area contributed by atoms with E-state index < -0.39 is 0 Å². The molecule has 0 atom stereocenters. The molecule has 1 rings (SSSR count). The number of esters is 1. The van der Waals surface area contributed by atoms with E-state index in [1.54, 1.807) is 6.07 Å². The molecule has 0 radical (unpaired) electrons. The second kappa shape index (κ2) is 7.18. The van der Waals surface area contributed by atoms with E-state index in [2.05, 4.69) is 4.74 Å². The van der Waals surface area contributed by atoms with Crippen molar-refractivity contribution in [3.8, 4) is 0 Å². The van der Waals surface area contributed by atoms with Gasteiger partial charge in [0.2, 0.25) is 0 Å². The SMILES string of the molecule is CC.CCc1ccc(CC(=O)OC)o1. The van der Waals surface area contributed by atoms with Crippen molar-refractivity contribution in [2.24, 2.45) is 0 Å². The molecule has 3 heteroatoms. The number of hydrogen-bond donors (Lipinski definition) is 0. The molecule has 0 amide bonds. The van der Waals surface area contributed by atoms with Crippen molar-refractivity contribution >= 4 is 5.97 Å². The van der Waals surface area contributed by atoms with Crippen LogP contribution >= 0.6 is 0 Å². The van der Waals surface area contributed by atoms with Crippen LogP contribution in [0.4, 0.5) is 0 Å². The summed E-state index contributed by atoms with van der Waals surface area (Å²) in [6.07, 6.45) is 1.07. The molecular weight excluding hydrogens is 180 g/mol. The zero-order valence-corrected chi connectivity index (χ0v) is 9.29. The summed E-state index contributed by atoms with van der Waals surface area (Å²) in [6.45, 7) is 6.00. The first kappa shape index (κ1) is 12.8. The number of methoxy groups -OCH3 is 1. The van der Waals surface area contributed by atoms with E-state index in [0.29, 0.717) is 5.76 Å². The summed E-state index contributed by atoms with van der Waals surface area (Å²) in [5, 5.41) is 0. The minimum atomic E-state index is -0.271. The van der Waals surface area contributed by atoms with Crippen LogP contribution in [-0.4, -0.2) is 13.1 Å². The highest BCUT2D eigenvalue weighted by Gasteiger charge is 2.06. The molecule has 1 heterocycles. The maximum atomic E-state index is 10.8. The highest BCUT2D eigenvalue weighted by Crippen LogP contribution is 2.09. The second-order valence-corrected chi connectivity index (χ2v) is 2.47. The highest BCUT2D eigenvalue weighted by atomic mass is 16.5. The molecule has 0 saturated heterocycles. The Morgan fingerprint density at radius 2 is 1.93 bits per heavy atom. The predicted molar refractivity (Wildman–Crippen MR) is 55.2 cm³/mol. The first-order chi connectivity index (χ1) is 6.76. The largest absolute Gasteiger partial charge is 0.469 e. The molecule has 0 aromatic carbocycles. The number of ether oxygens (including phenoxy) is 1. The van der Waals surface area contributed by atoms with E-state index in [4.69, 9.17) is 4.42 Å². The van der Waals surface area contributed by atoms with Gasteiger partial charge in [0.05, 0.1) is 7.11 Å². The number of rotatable bonds is 3. The van der Waals surface area contributed by atoms with Gasteiger partial charge < -0.3 is 9.15 Å². The Hall–Kier alpha value is -1.25. The Balaban J connectivity index is 0.000000791. The number of hydrogen-bond acceptors (Lipinski definition) is 3. The lowest BCUT2D eigenvalue weighted by molar-refractivity contribution is -0.140. The summed E-state index contributed by atoms with van der Waals surface area (Å²) in [4.78, 5) is 10.8. The van der Waals surface area contributed by atoms with Crippen molar-refractivity contribution < 1.29 is 13.9 Å². The molecule has 0 unspecified atom stereocenters. The molecule has 0 spiro atoms. The molecule has 3 nitrogen and oxygen atoms in total. The van der Waals surface area contributed by atoms with Crippen molar-refractivity contribution in [1.29, 1.82) is 0 Å². The van der Waals surface area contributed by atoms with Gasteiger partial charge in [-0.2, -0.15) is 0 Å². The van der Waals surface area contributed by atoms with Gasteiger partial charge >= 0.3 is 5.97 Å². The normalized spacial score (nSPS) is 8.86. The van der Waals surface area contributed by atoms with Crippen molar-refractivity contribution in [1.82, 2.24) is 0 Å². The topological polar surface area (TPSA) is 39.4 Å². The molecule has 0 fully saturated rings. The summed E-state index contributed by atoms with van der Waals surface area (Å²) >= 11 is 0. The zero-order valence-electron chi connectivity index (χ0n) is 9.29. The van der Waals surface area contributed by atoms with Crippen LogP contribution in [0.25, 0.3) is 0 Å². The van der Waals surface area contributed by atoms with Gasteiger partial charge in [-0.25, -0.2) is 0 Å². The smallest absolute Gasteiger partial charge is 0.313 e. The minimum Gasteiger partial charge on any atom is -0.469 e. The van der Waals surface area contributed by atoms with Crippen LogP contribution in [0.3, 0.4) is 0 Å². The standard InChI is InChI=1S/C9H12O3.C2H6/c1-3-7-4-5-8(12-7)6-9(10)11-2;1-2/h4-5H,3,6H2,1-2H3;1-2H3. The molecule has 80 valence electrons. The first-order valence-electron chi connectivity index (χ1n) is 4.90. The van der Waals surface area contributed by atoms with E-state index in [1.807, 2.05) is 26.8 Å². The van der Waals surface area contributed by atoms with E-state index in [1.165, 1.54) is 7.11 Å². The number of aryl methyl sites for hydroxylation is 1. The molecule has 0 saturated carbocycles. The van der Waals surface area contributed by atoms with E-state index >= 15 is 0 Å². The van der Waals surface area contributed by atoms with Gasteiger partial charge in [0.15, 0.2) is 0 Å². The van der Waals surface area contributed by atoms with Crippen LogP contribution in [0.1, 0.15) is 32.3 Å². The fourth-order valence-electron chi connectivity index (χ4n) is 0.922. The van der Waals surface area contributed by atoms with Crippen LogP contribution in [-0.2, 0) is 22.4 Å². The van der Waals surface area contributed by atoms with Crippen LogP contribution in [0.15, 0.2) is 16.5 Å². The fourth-order valence-corrected chi connectivity index (χ4v) is 0.922. The maximum Gasteiger partial charge on any atom is 0.313 e. The predicted octanol–water partition coefficient (Wildman–Crippen LogP) is 2.58. The maximum absolute atomic E-state index is 10.8. The van der Waals surface area contributed by atoms with Gasteiger partial charge in [-0.1, -0.05) is 20.8 Å². The van der Waals surface area contributed by atoms with Gasteiger partial charge in [-0.3, -0.25) is 4.79 Å². The molecule has 0 bridgehead atoms. The van der Waals surface area contributed by atoms with Crippen molar-refractivity contribution in [2.45, 2.75) is 33.6 Å². The van der Waals surface area contributed by atoms with Crippen LogP contribution in [0, 0.1) is 0 Å². The lowest BCUT2D eigenvalue weighted by Gasteiger charge is -1.94. The van der Waals surface area contributed by atoms with Gasteiger partial charge in [0, 0.05) is 6.42 Å². The molecule has 0 aliphatic heterocycles. The lowest BCUT2D eigenvalue weighted by atomic mass is 10.3. The number of carbonyl (C=O) groups excluding carboxylic acids is 1. The van der Waals surface area contributed by atoms with E-state index in [-0.39, 0.29) is 12.4 Å². The summed E-state index contributed by atoms with van der Waals surface area (Å²) < 4.78 is 9.80. The van der Waals surface area contributed by atoms with Crippen LogP contribution in [0.2, 0.25) is 0 Å². The molecule has 14 heavy (non-hydrogen) atoms. The Labute approximate surface area is 85.1 Å². The first-order valence-corrected chi connectivity index (χ1v) is 4.90. The second-order valence-electron chi connectivity index (χ2n) is 2.47. The molecule has 0 N–H and O–H groups in total. The van der Waals surface area contributed by atoms with Crippen LogP contribution in [0.5, 0.6) is 0 Å². The molecule has 0 aliphatic rings. The third-order valence-electron chi connectivity index (χ3n) is 1.61. The third kappa shape index (κ3) is 4.12. The Kier molecular flexibility index (Phi) is 6.54. The van der Waals surface area contributed by atoms with Gasteiger partial charge in [-0.15, -0.1) is 0 Å². The van der Waals surface area contributed by atoms with Crippen molar-refractivity contribution in [3.05, 3.63) is 23.7 Å². The van der Waals surface area contributed by atoms with Crippen molar-refractivity contribution in [2.75, 3.05) is 7.11 Å². The average molecular weight is 198 g/mol. The number of carbonyl (C=O) groups is 1. The van der Waals surface area contributed by atoms with Gasteiger partial charge in [0.25, 0.3) is 0 Å². The average Bonchev–Trinajstić information content (AvgIpc) is 2.68. The molecule has 1 aromatic heterocycles. The summed E-state index contributed by atoms with van der Waals surface area (Å²) in [5.74, 6) is 1.29. The van der Waals surface area contributed by atoms with Gasteiger partial charge in [0.1, 0.15) is 17.9 Å².